The first kappa shape index (κ1) is 42.6. The van der Waals surface area contributed by atoms with Crippen molar-refractivity contribution < 1.29 is 4.42 Å². The van der Waals surface area contributed by atoms with Gasteiger partial charge in [-0.2, -0.15) is 0 Å². The zero-order chi connectivity index (χ0) is 47.0. The van der Waals surface area contributed by atoms with Gasteiger partial charge in [0.2, 0.25) is 0 Å². The molecule has 0 amide bonds. The fraction of sp³-hybridized carbons (Fsp3) is 0.121. The van der Waals surface area contributed by atoms with Crippen LogP contribution in [0.4, 0.5) is 17.1 Å². The smallest absolute Gasteiger partial charge is 0.143 e. The fourth-order valence-electron chi connectivity index (χ4n) is 10.5. The number of hydrogen-bond acceptors (Lipinski definition) is 3. The summed E-state index contributed by atoms with van der Waals surface area (Å²) in [5, 5.41) is 7.23. The zero-order valence-electron chi connectivity index (χ0n) is 40.0. The van der Waals surface area contributed by atoms with E-state index >= 15 is 0 Å². The number of hydrogen-bond donors (Lipinski definition) is 0. The summed E-state index contributed by atoms with van der Waals surface area (Å²) in [5.41, 5.74) is 16.9. The molecule has 69 heavy (non-hydrogen) atoms. The second kappa shape index (κ2) is 16.5. The van der Waals surface area contributed by atoms with Crippen LogP contribution in [0, 0.1) is 0 Å². The Bertz CT molecular complexity index is 3910. The number of para-hydroxylation sites is 5. The molecule has 10 aromatic carbocycles. The van der Waals surface area contributed by atoms with Crippen LogP contribution in [-0.2, 0) is 10.8 Å². The summed E-state index contributed by atoms with van der Waals surface area (Å²) in [4.78, 5) is 2.52. The van der Waals surface area contributed by atoms with Gasteiger partial charge in [0, 0.05) is 53.2 Å². The monoisotopic (exact) mass is 907 g/mol. The van der Waals surface area contributed by atoms with Crippen molar-refractivity contribution >= 4 is 81.3 Å². The molecule has 0 unspecified atom stereocenters. The van der Waals surface area contributed by atoms with Crippen LogP contribution in [0.25, 0.3) is 97.4 Å². The first-order valence-electron chi connectivity index (χ1n) is 24.1. The number of nitrogens with zero attached hydrogens (tertiary/aromatic N) is 1. The van der Waals surface area contributed by atoms with Gasteiger partial charge in [0.25, 0.3) is 0 Å². The van der Waals surface area contributed by atoms with Crippen molar-refractivity contribution in [3.8, 4) is 44.5 Å². The number of fused-ring (bicyclic) bond motifs is 7. The van der Waals surface area contributed by atoms with Gasteiger partial charge in [0.15, 0.2) is 0 Å². The van der Waals surface area contributed by atoms with Crippen molar-refractivity contribution in [2.75, 3.05) is 4.90 Å². The number of thiophene rings is 1. The van der Waals surface area contributed by atoms with Crippen LogP contribution in [0.15, 0.2) is 217 Å². The number of rotatable bonds is 7. The third-order valence-electron chi connectivity index (χ3n) is 14.0. The topological polar surface area (TPSA) is 16.4 Å². The SMILES string of the molecule is CC(C)(C)c1cc(-c2cccc3cccc(-c4ccccc4N(c4ccccc4-c4cccc5c4oc4ccccc45)c4ccccc4-c4cccc5sc6ccccc6c45)c23)cc(C(C)(C)C)c1. The molecule has 0 saturated carbocycles. The molecular formula is C66H53NOS. The van der Waals surface area contributed by atoms with Gasteiger partial charge in [-0.25, -0.2) is 0 Å². The molecule has 0 radical (unpaired) electrons. The van der Waals surface area contributed by atoms with Gasteiger partial charge >= 0.3 is 0 Å². The van der Waals surface area contributed by atoms with E-state index in [4.69, 9.17) is 4.42 Å². The zero-order valence-corrected chi connectivity index (χ0v) is 40.8. The first-order valence-corrected chi connectivity index (χ1v) is 24.9. The molecule has 12 rings (SSSR count). The summed E-state index contributed by atoms with van der Waals surface area (Å²) >= 11 is 1.86. The lowest BCUT2D eigenvalue weighted by atomic mass is 9.78. The standard InChI is InChI=1S/C66H53NOS/c1-65(2,3)44-39-43(40-45(41-44)66(4,5)6)46-28-17-21-42-22-18-29-51(62(42)46)47-23-7-12-33-56(47)67(57-34-13-8-24-48(57)52-30-20-38-61-63(52)55-27-11-16-37-60(55)69-61)58-35-14-9-25-49(58)53-31-19-32-54-50-26-10-15-36-59(50)68-64(53)54/h7-41H,1-6H3. The molecule has 0 aliphatic carbocycles. The third-order valence-corrected chi connectivity index (χ3v) is 15.1. The molecule has 334 valence electrons. The van der Waals surface area contributed by atoms with Crippen molar-refractivity contribution in [1.29, 1.82) is 0 Å². The fourth-order valence-corrected chi connectivity index (χ4v) is 11.6. The van der Waals surface area contributed by atoms with Crippen LogP contribution in [-0.4, -0.2) is 0 Å². The Morgan fingerprint density at radius 2 is 0.812 bits per heavy atom. The van der Waals surface area contributed by atoms with E-state index in [9.17, 15) is 0 Å². The van der Waals surface area contributed by atoms with E-state index in [0.29, 0.717) is 0 Å². The van der Waals surface area contributed by atoms with E-state index in [-0.39, 0.29) is 10.8 Å². The lowest BCUT2D eigenvalue weighted by Gasteiger charge is -2.32. The summed E-state index contributed by atoms with van der Waals surface area (Å²) in [5.74, 6) is 0. The van der Waals surface area contributed by atoms with Crippen molar-refractivity contribution in [2.45, 2.75) is 52.4 Å². The Morgan fingerprint density at radius 1 is 0.362 bits per heavy atom. The number of benzene rings is 10. The highest BCUT2D eigenvalue weighted by molar-refractivity contribution is 7.25. The van der Waals surface area contributed by atoms with Gasteiger partial charge in [0.05, 0.1) is 17.1 Å². The molecule has 0 saturated heterocycles. The van der Waals surface area contributed by atoms with E-state index in [2.05, 4.69) is 259 Å². The summed E-state index contributed by atoms with van der Waals surface area (Å²) in [7, 11) is 0. The summed E-state index contributed by atoms with van der Waals surface area (Å²) in [6.07, 6.45) is 0. The van der Waals surface area contributed by atoms with Crippen LogP contribution in [0.5, 0.6) is 0 Å². The molecule has 0 bridgehead atoms. The predicted octanol–water partition coefficient (Wildman–Crippen LogP) is 19.8. The van der Waals surface area contributed by atoms with Crippen LogP contribution in [0.3, 0.4) is 0 Å². The van der Waals surface area contributed by atoms with Gasteiger partial charge in [-0.3, -0.25) is 0 Å². The molecule has 0 spiro atoms. The van der Waals surface area contributed by atoms with Gasteiger partial charge in [-0.05, 0) is 91.4 Å². The van der Waals surface area contributed by atoms with Gasteiger partial charge in [-0.1, -0.05) is 217 Å². The Hall–Kier alpha value is -7.72. The predicted molar refractivity (Wildman–Crippen MR) is 298 cm³/mol. The lowest BCUT2D eigenvalue weighted by molar-refractivity contribution is 0.569. The van der Waals surface area contributed by atoms with E-state index in [1.54, 1.807) is 0 Å². The van der Waals surface area contributed by atoms with E-state index in [1.807, 2.05) is 11.3 Å². The average molecular weight is 908 g/mol. The lowest BCUT2D eigenvalue weighted by Crippen LogP contribution is -2.16. The van der Waals surface area contributed by atoms with E-state index in [0.717, 1.165) is 61.3 Å². The highest BCUT2D eigenvalue weighted by Gasteiger charge is 2.27. The maximum atomic E-state index is 6.80. The minimum absolute atomic E-state index is 0.0242. The maximum absolute atomic E-state index is 6.80. The summed E-state index contributed by atoms with van der Waals surface area (Å²) < 4.78 is 9.36. The van der Waals surface area contributed by atoms with Crippen LogP contribution >= 0.6 is 11.3 Å². The van der Waals surface area contributed by atoms with Crippen LogP contribution in [0.1, 0.15) is 52.7 Å². The Kier molecular flexibility index (Phi) is 10.2. The summed E-state index contributed by atoms with van der Waals surface area (Å²) in [6, 6.07) is 78.3. The minimum atomic E-state index is -0.0242. The third kappa shape index (κ3) is 7.32. The molecule has 0 aliphatic rings. The molecule has 0 N–H and O–H groups in total. The Labute approximate surface area is 408 Å². The molecule has 2 nitrogen and oxygen atoms in total. The quantitative estimate of drug-likeness (QED) is 0.158. The molecule has 12 aromatic rings. The van der Waals surface area contributed by atoms with Crippen molar-refractivity contribution in [3.63, 3.8) is 0 Å². The van der Waals surface area contributed by atoms with E-state index in [1.165, 1.54) is 64.3 Å². The van der Waals surface area contributed by atoms with Crippen LogP contribution in [0.2, 0.25) is 0 Å². The average Bonchev–Trinajstić information content (AvgIpc) is 3.95. The second-order valence-corrected chi connectivity index (χ2v) is 21.5. The first-order chi connectivity index (χ1) is 33.5. The highest BCUT2D eigenvalue weighted by atomic mass is 32.1. The van der Waals surface area contributed by atoms with Gasteiger partial charge < -0.3 is 9.32 Å². The largest absolute Gasteiger partial charge is 0.455 e. The van der Waals surface area contributed by atoms with Crippen molar-refractivity contribution in [3.05, 3.63) is 223 Å². The molecule has 0 fully saturated rings. The summed E-state index contributed by atoms with van der Waals surface area (Å²) in [6.45, 7) is 13.9. The molecular weight excluding hydrogens is 855 g/mol. The number of furan rings is 1. The van der Waals surface area contributed by atoms with E-state index < -0.39 is 0 Å². The maximum Gasteiger partial charge on any atom is 0.143 e. The normalized spacial score (nSPS) is 12.2. The minimum Gasteiger partial charge on any atom is -0.455 e. The molecule has 0 atom stereocenters. The van der Waals surface area contributed by atoms with Crippen molar-refractivity contribution in [1.82, 2.24) is 0 Å². The second-order valence-electron chi connectivity index (χ2n) is 20.5. The molecule has 0 aliphatic heterocycles. The van der Waals surface area contributed by atoms with Gasteiger partial charge in [-0.15, -0.1) is 11.3 Å². The number of anilines is 3. The Balaban J connectivity index is 1.16. The molecule has 2 aromatic heterocycles. The van der Waals surface area contributed by atoms with Gasteiger partial charge in [0.1, 0.15) is 11.2 Å². The highest BCUT2D eigenvalue weighted by Crippen LogP contribution is 2.52. The molecule has 3 heteroatoms. The van der Waals surface area contributed by atoms with Crippen molar-refractivity contribution in [2.24, 2.45) is 0 Å². The Morgan fingerprint density at radius 3 is 1.45 bits per heavy atom. The molecule has 2 heterocycles. The van der Waals surface area contributed by atoms with Crippen LogP contribution < -0.4 is 4.90 Å².